The molecule has 2 atom stereocenters. The minimum atomic E-state index is -0.500. The summed E-state index contributed by atoms with van der Waals surface area (Å²) in [5, 5.41) is 0. The topological polar surface area (TPSA) is 63.7 Å². The van der Waals surface area contributed by atoms with Gasteiger partial charge in [0, 0.05) is 38.8 Å². The van der Waals surface area contributed by atoms with Gasteiger partial charge in [0.2, 0.25) is 0 Å². The fourth-order valence-electron chi connectivity index (χ4n) is 1.65. The largest absolute Gasteiger partial charge is 0.388 e. The average Bonchev–Trinajstić information content (AvgIpc) is 2.52. The normalized spacial score (nSPS) is 12.4. The van der Waals surface area contributed by atoms with E-state index in [1.165, 1.54) is 4.90 Å². The number of ether oxygens (including phenoxy) is 1. The van der Waals surface area contributed by atoms with Crippen molar-refractivity contribution in [2.24, 2.45) is 5.92 Å². The van der Waals surface area contributed by atoms with E-state index in [1.54, 1.807) is 59.4 Å². The number of carbonyl (C=O) groups excluding carboxylic acids is 3. The Labute approximate surface area is 125 Å². The highest BCUT2D eigenvalue weighted by atomic mass is 16.4. The number of Topliss-reactive ketones (excluding diaryl/α,β-unsaturated/α-hetero) is 1. The van der Waals surface area contributed by atoms with Gasteiger partial charge in [-0.25, -0.2) is 0 Å². The smallest absolute Gasteiger partial charge is 0.253 e. The van der Waals surface area contributed by atoms with Crippen molar-refractivity contribution in [1.82, 2.24) is 4.90 Å². The Hall–Kier alpha value is -2.01. The van der Waals surface area contributed by atoms with Gasteiger partial charge in [0.25, 0.3) is 5.91 Å². The van der Waals surface area contributed by atoms with Gasteiger partial charge in [0.1, 0.15) is 0 Å². The van der Waals surface area contributed by atoms with Crippen LogP contribution in [0.3, 0.4) is 0 Å². The predicted molar refractivity (Wildman–Crippen MR) is 81.2 cm³/mol. The lowest BCUT2D eigenvalue weighted by Gasteiger charge is -2.28. The number of ketones is 1. The second-order valence-corrected chi connectivity index (χ2v) is 4.74. The molecule has 1 rings (SSSR count). The van der Waals surface area contributed by atoms with E-state index in [-0.39, 0.29) is 11.9 Å². The lowest BCUT2D eigenvalue weighted by Crippen LogP contribution is -2.41. The molecule has 0 aromatic heterocycles. The molecular formula is C16H23NO4. The minimum Gasteiger partial charge on any atom is -0.388 e. The number of benzene rings is 1. The Balaban J connectivity index is 0.00000122. The lowest BCUT2D eigenvalue weighted by atomic mass is 9.97. The quantitative estimate of drug-likeness (QED) is 0.613. The number of nitrogens with zero attached hydrogens (tertiary/aromatic N) is 1. The molecule has 0 aliphatic carbocycles. The molecule has 0 saturated carbocycles. The van der Waals surface area contributed by atoms with Gasteiger partial charge >= 0.3 is 0 Å². The maximum atomic E-state index is 12.1. The number of methoxy groups -OCH3 is 1. The number of hydrogen-bond donors (Lipinski definition) is 0. The van der Waals surface area contributed by atoms with E-state index >= 15 is 0 Å². The third-order valence-corrected chi connectivity index (χ3v) is 3.24. The lowest BCUT2D eigenvalue weighted by molar-refractivity contribution is -0.133. The Kier molecular flexibility index (Phi) is 8.88. The molecule has 0 aliphatic rings. The Bertz CT molecular complexity index is 459. The summed E-state index contributed by atoms with van der Waals surface area (Å²) in [6.07, 6.45) is 0.308. The maximum absolute atomic E-state index is 12.1. The second kappa shape index (κ2) is 9.83. The maximum Gasteiger partial charge on any atom is 0.253 e. The van der Waals surface area contributed by atoms with Gasteiger partial charge in [-0.2, -0.15) is 0 Å². The minimum absolute atomic E-state index is 0.159. The summed E-state index contributed by atoms with van der Waals surface area (Å²) < 4.78 is 4.25. The molecule has 1 amide bonds. The van der Waals surface area contributed by atoms with E-state index in [1.807, 2.05) is 6.07 Å². The molecule has 1 aromatic rings. The van der Waals surface area contributed by atoms with Crippen molar-refractivity contribution in [3.63, 3.8) is 0 Å². The second-order valence-electron chi connectivity index (χ2n) is 4.74. The van der Waals surface area contributed by atoms with Crippen molar-refractivity contribution >= 4 is 18.0 Å². The van der Waals surface area contributed by atoms with Crippen LogP contribution >= 0.6 is 0 Å². The monoisotopic (exact) mass is 293 g/mol. The number of carbonyl (C=O) groups is 3. The van der Waals surface area contributed by atoms with Crippen molar-refractivity contribution in [2.75, 3.05) is 21.3 Å². The first-order valence-electron chi connectivity index (χ1n) is 6.62. The van der Waals surface area contributed by atoms with Gasteiger partial charge in [0.05, 0.1) is 0 Å². The third kappa shape index (κ3) is 5.87. The van der Waals surface area contributed by atoms with Gasteiger partial charge < -0.3 is 9.64 Å². The first-order valence-corrected chi connectivity index (χ1v) is 6.62. The highest BCUT2D eigenvalue weighted by molar-refractivity contribution is 6.26. The first-order chi connectivity index (χ1) is 9.90. The summed E-state index contributed by atoms with van der Waals surface area (Å²) in [7, 11) is 4.88. The SMILES string of the molecule is CC(C(=O)C=O)C(C)N(C)C(=O)c1ccccc1.COC. The van der Waals surface area contributed by atoms with Crippen molar-refractivity contribution in [3.8, 4) is 0 Å². The van der Waals surface area contributed by atoms with Gasteiger partial charge in [-0.3, -0.25) is 14.4 Å². The number of hydrogen-bond acceptors (Lipinski definition) is 4. The molecule has 0 bridgehead atoms. The summed E-state index contributed by atoms with van der Waals surface area (Å²) in [6.45, 7) is 3.41. The summed E-state index contributed by atoms with van der Waals surface area (Å²) >= 11 is 0. The zero-order valence-electron chi connectivity index (χ0n) is 13.2. The van der Waals surface area contributed by atoms with Crippen LogP contribution < -0.4 is 0 Å². The van der Waals surface area contributed by atoms with Gasteiger partial charge in [-0.15, -0.1) is 0 Å². The molecular weight excluding hydrogens is 270 g/mol. The Morgan fingerprint density at radius 1 is 1.14 bits per heavy atom. The van der Waals surface area contributed by atoms with Crippen molar-refractivity contribution in [1.29, 1.82) is 0 Å². The molecule has 0 fully saturated rings. The van der Waals surface area contributed by atoms with E-state index < -0.39 is 11.7 Å². The molecule has 21 heavy (non-hydrogen) atoms. The van der Waals surface area contributed by atoms with Gasteiger partial charge in [0.15, 0.2) is 12.1 Å². The Morgan fingerprint density at radius 2 is 1.62 bits per heavy atom. The van der Waals surface area contributed by atoms with Crippen LogP contribution in [0.1, 0.15) is 24.2 Å². The Morgan fingerprint density at radius 3 is 2.05 bits per heavy atom. The summed E-state index contributed by atoms with van der Waals surface area (Å²) in [4.78, 5) is 35.4. The van der Waals surface area contributed by atoms with Crippen LogP contribution in [0.15, 0.2) is 30.3 Å². The summed E-state index contributed by atoms with van der Waals surface area (Å²) in [5.41, 5.74) is 0.567. The molecule has 0 saturated heterocycles. The fourth-order valence-corrected chi connectivity index (χ4v) is 1.65. The standard InChI is InChI=1S/C14H17NO3.C2H6O/c1-10(13(17)9-16)11(2)15(3)14(18)12-7-5-4-6-8-12;1-3-2/h4-11H,1-3H3;1-2H3. The van der Waals surface area contributed by atoms with Crippen LogP contribution in [0.5, 0.6) is 0 Å². The average molecular weight is 293 g/mol. The van der Waals surface area contributed by atoms with E-state index in [4.69, 9.17) is 0 Å². The highest BCUT2D eigenvalue weighted by Gasteiger charge is 2.26. The van der Waals surface area contributed by atoms with Crippen LogP contribution in [0, 0.1) is 5.92 Å². The van der Waals surface area contributed by atoms with Crippen molar-refractivity contribution in [3.05, 3.63) is 35.9 Å². The van der Waals surface area contributed by atoms with Gasteiger partial charge in [-0.05, 0) is 19.1 Å². The van der Waals surface area contributed by atoms with Crippen LogP contribution in [-0.2, 0) is 14.3 Å². The van der Waals surface area contributed by atoms with E-state index in [9.17, 15) is 14.4 Å². The van der Waals surface area contributed by atoms with E-state index in [0.29, 0.717) is 11.8 Å². The zero-order valence-corrected chi connectivity index (χ0v) is 13.2. The summed E-state index contributed by atoms with van der Waals surface area (Å²) in [5.74, 6) is -1.15. The van der Waals surface area contributed by atoms with E-state index in [2.05, 4.69) is 4.74 Å². The molecule has 0 radical (unpaired) electrons. The molecule has 116 valence electrons. The predicted octanol–water partition coefficient (Wildman–Crippen LogP) is 1.81. The van der Waals surface area contributed by atoms with E-state index in [0.717, 1.165) is 0 Å². The molecule has 2 unspecified atom stereocenters. The van der Waals surface area contributed by atoms with Crippen LogP contribution in [0.2, 0.25) is 0 Å². The van der Waals surface area contributed by atoms with Crippen LogP contribution in [0.25, 0.3) is 0 Å². The number of aldehydes is 1. The van der Waals surface area contributed by atoms with Gasteiger partial charge in [-0.1, -0.05) is 25.1 Å². The van der Waals surface area contributed by atoms with Crippen LogP contribution in [0.4, 0.5) is 0 Å². The summed E-state index contributed by atoms with van der Waals surface area (Å²) in [6, 6.07) is 8.52. The molecule has 0 N–H and O–H groups in total. The fraction of sp³-hybridized carbons (Fsp3) is 0.438. The first kappa shape index (κ1) is 19.0. The van der Waals surface area contributed by atoms with Crippen LogP contribution in [-0.4, -0.2) is 50.2 Å². The number of amides is 1. The molecule has 0 aliphatic heterocycles. The molecule has 0 heterocycles. The van der Waals surface area contributed by atoms with Crippen molar-refractivity contribution < 1.29 is 19.1 Å². The molecule has 5 heteroatoms. The third-order valence-electron chi connectivity index (χ3n) is 3.24. The highest BCUT2D eigenvalue weighted by Crippen LogP contribution is 2.13. The molecule has 0 spiro atoms. The van der Waals surface area contributed by atoms with Crippen molar-refractivity contribution in [2.45, 2.75) is 19.9 Å². The molecule has 1 aromatic carbocycles. The zero-order chi connectivity index (χ0) is 16.4. The number of rotatable bonds is 5. The molecule has 5 nitrogen and oxygen atoms in total.